The lowest BCUT2D eigenvalue weighted by Crippen LogP contribution is -2.29. The highest BCUT2D eigenvalue weighted by Gasteiger charge is 2.35. The Balaban J connectivity index is 2.41. The van der Waals surface area contributed by atoms with E-state index in [0.717, 1.165) is 0 Å². The second-order valence-electron chi connectivity index (χ2n) is 3.34. The molecule has 3 nitrogen and oxygen atoms in total. The fraction of sp³-hybridized carbons (Fsp3) is 1.00. The molecule has 0 aromatic carbocycles. The van der Waals surface area contributed by atoms with E-state index in [2.05, 4.69) is 0 Å². The largest absolute Gasteiger partial charge is 0.390 e. The van der Waals surface area contributed by atoms with Gasteiger partial charge in [-0.3, -0.25) is 0 Å². The Labute approximate surface area is 67.3 Å². The molecule has 0 saturated carbocycles. The third kappa shape index (κ3) is 2.15. The maximum atomic E-state index is 9.38. The van der Waals surface area contributed by atoms with E-state index >= 15 is 0 Å². The molecule has 1 aliphatic rings. The average Bonchev–Trinajstić information content (AvgIpc) is 2.29. The highest BCUT2D eigenvalue weighted by molar-refractivity contribution is 4.76. The summed E-state index contributed by atoms with van der Waals surface area (Å²) in [4.78, 5) is 0. The van der Waals surface area contributed by atoms with Crippen LogP contribution in [0.2, 0.25) is 0 Å². The molecule has 1 heterocycles. The van der Waals surface area contributed by atoms with Gasteiger partial charge in [0.1, 0.15) is 6.10 Å². The van der Waals surface area contributed by atoms with Crippen LogP contribution in [-0.2, 0) is 9.47 Å². The summed E-state index contributed by atoms with van der Waals surface area (Å²) >= 11 is 0. The van der Waals surface area contributed by atoms with E-state index in [0.29, 0.717) is 13.0 Å². The summed E-state index contributed by atoms with van der Waals surface area (Å²) in [6.07, 6.45) is 0.177. The summed E-state index contributed by atoms with van der Waals surface area (Å²) < 4.78 is 10.7. The third-order valence-corrected chi connectivity index (χ3v) is 1.88. The predicted octanol–water partition coefficient (Wildman–Crippen LogP) is 0.909. The minimum absolute atomic E-state index is 0.144. The fourth-order valence-corrected chi connectivity index (χ4v) is 1.17. The average molecular weight is 160 g/mol. The maximum absolute atomic E-state index is 9.38. The highest BCUT2D eigenvalue weighted by Crippen LogP contribution is 2.24. The molecule has 1 aliphatic heterocycles. The van der Waals surface area contributed by atoms with Gasteiger partial charge in [-0.1, -0.05) is 6.92 Å². The van der Waals surface area contributed by atoms with E-state index < -0.39 is 11.9 Å². The number of aliphatic hydroxyl groups is 1. The zero-order valence-corrected chi connectivity index (χ0v) is 7.33. The molecule has 1 fully saturated rings. The first-order valence-electron chi connectivity index (χ1n) is 4.05. The van der Waals surface area contributed by atoms with Gasteiger partial charge < -0.3 is 14.6 Å². The monoisotopic (exact) mass is 160 g/mol. The van der Waals surface area contributed by atoms with Gasteiger partial charge in [0.15, 0.2) is 5.79 Å². The summed E-state index contributed by atoms with van der Waals surface area (Å²) in [5.74, 6) is -0.513. The summed E-state index contributed by atoms with van der Waals surface area (Å²) in [5.41, 5.74) is 0. The molecule has 0 aliphatic carbocycles. The molecule has 11 heavy (non-hydrogen) atoms. The predicted molar refractivity (Wildman–Crippen MR) is 41.2 cm³/mol. The Morgan fingerprint density at radius 3 is 2.64 bits per heavy atom. The van der Waals surface area contributed by atoms with E-state index in [1.165, 1.54) is 0 Å². The summed E-state index contributed by atoms with van der Waals surface area (Å²) in [6, 6.07) is 0. The molecule has 0 aromatic rings. The van der Waals surface area contributed by atoms with Crippen LogP contribution in [0.1, 0.15) is 27.2 Å². The molecule has 1 rings (SSSR count). The highest BCUT2D eigenvalue weighted by atomic mass is 16.7. The van der Waals surface area contributed by atoms with Gasteiger partial charge in [0.05, 0.1) is 12.7 Å². The van der Waals surface area contributed by atoms with Crippen LogP contribution in [0.25, 0.3) is 0 Å². The van der Waals surface area contributed by atoms with Crippen LogP contribution in [-0.4, -0.2) is 29.7 Å². The van der Waals surface area contributed by atoms with Crippen molar-refractivity contribution in [1.82, 2.24) is 0 Å². The first-order valence-corrected chi connectivity index (χ1v) is 4.05. The van der Waals surface area contributed by atoms with Crippen molar-refractivity contribution in [2.24, 2.45) is 0 Å². The molecule has 3 heteroatoms. The van der Waals surface area contributed by atoms with E-state index in [4.69, 9.17) is 9.47 Å². The maximum Gasteiger partial charge on any atom is 0.163 e. The Bertz CT molecular complexity index is 133. The number of hydrogen-bond acceptors (Lipinski definition) is 3. The SMILES string of the molecule is CCC(O)[C@H]1COC(C)(C)O1. The van der Waals surface area contributed by atoms with E-state index in [1.54, 1.807) is 0 Å². The number of rotatable bonds is 2. The van der Waals surface area contributed by atoms with Crippen molar-refractivity contribution in [1.29, 1.82) is 0 Å². The van der Waals surface area contributed by atoms with E-state index in [-0.39, 0.29) is 6.10 Å². The van der Waals surface area contributed by atoms with Crippen molar-refractivity contribution in [3.63, 3.8) is 0 Å². The molecule has 1 N–H and O–H groups in total. The standard InChI is InChI=1S/C8H16O3/c1-4-6(9)7-5-10-8(2,3)11-7/h6-7,9H,4-5H2,1-3H3/t6?,7-/m1/s1. The number of aliphatic hydroxyl groups excluding tert-OH is 1. The van der Waals surface area contributed by atoms with Gasteiger partial charge in [0, 0.05) is 0 Å². The smallest absolute Gasteiger partial charge is 0.163 e. The van der Waals surface area contributed by atoms with Crippen molar-refractivity contribution in [3.8, 4) is 0 Å². The van der Waals surface area contributed by atoms with Crippen LogP contribution in [0.5, 0.6) is 0 Å². The molecule has 0 amide bonds. The Hall–Kier alpha value is -0.120. The lowest BCUT2D eigenvalue weighted by Gasteiger charge is -2.19. The van der Waals surface area contributed by atoms with Crippen molar-refractivity contribution < 1.29 is 14.6 Å². The van der Waals surface area contributed by atoms with Gasteiger partial charge in [0.2, 0.25) is 0 Å². The lowest BCUT2D eigenvalue weighted by molar-refractivity contribution is -0.151. The second-order valence-corrected chi connectivity index (χ2v) is 3.34. The van der Waals surface area contributed by atoms with Gasteiger partial charge >= 0.3 is 0 Å². The Morgan fingerprint density at radius 2 is 2.27 bits per heavy atom. The van der Waals surface area contributed by atoms with Crippen LogP contribution in [0, 0.1) is 0 Å². The fourth-order valence-electron chi connectivity index (χ4n) is 1.17. The molecular weight excluding hydrogens is 144 g/mol. The summed E-state index contributed by atoms with van der Waals surface area (Å²) in [6.45, 7) is 6.14. The zero-order valence-electron chi connectivity index (χ0n) is 7.33. The van der Waals surface area contributed by atoms with Gasteiger partial charge in [-0.15, -0.1) is 0 Å². The quantitative estimate of drug-likeness (QED) is 0.652. The molecule has 66 valence electrons. The van der Waals surface area contributed by atoms with Crippen molar-refractivity contribution in [2.45, 2.75) is 45.2 Å². The van der Waals surface area contributed by atoms with E-state index in [9.17, 15) is 5.11 Å². The van der Waals surface area contributed by atoms with Gasteiger partial charge in [0.25, 0.3) is 0 Å². The van der Waals surface area contributed by atoms with Crippen LogP contribution < -0.4 is 0 Å². The molecule has 0 spiro atoms. The molecule has 1 saturated heterocycles. The molecule has 0 bridgehead atoms. The molecule has 1 unspecified atom stereocenters. The zero-order chi connectivity index (χ0) is 8.48. The van der Waals surface area contributed by atoms with Crippen LogP contribution in [0.3, 0.4) is 0 Å². The minimum Gasteiger partial charge on any atom is -0.390 e. The lowest BCUT2D eigenvalue weighted by atomic mass is 10.2. The minimum atomic E-state index is -0.513. The van der Waals surface area contributed by atoms with Gasteiger partial charge in [-0.25, -0.2) is 0 Å². The van der Waals surface area contributed by atoms with Crippen LogP contribution in [0.15, 0.2) is 0 Å². The third-order valence-electron chi connectivity index (χ3n) is 1.88. The Kier molecular flexibility index (Phi) is 2.52. The molecule has 0 aromatic heterocycles. The number of ether oxygens (including phenoxy) is 2. The van der Waals surface area contributed by atoms with Crippen molar-refractivity contribution >= 4 is 0 Å². The number of hydrogen-bond donors (Lipinski definition) is 1. The summed E-state index contributed by atoms with van der Waals surface area (Å²) in [7, 11) is 0. The molecule has 2 atom stereocenters. The van der Waals surface area contributed by atoms with Gasteiger partial charge in [-0.05, 0) is 20.3 Å². The molecular formula is C8H16O3. The topological polar surface area (TPSA) is 38.7 Å². The van der Waals surface area contributed by atoms with Gasteiger partial charge in [-0.2, -0.15) is 0 Å². The first kappa shape index (κ1) is 8.97. The van der Waals surface area contributed by atoms with Crippen LogP contribution >= 0.6 is 0 Å². The van der Waals surface area contributed by atoms with Crippen LogP contribution in [0.4, 0.5) is 0 Å². The van der Waals surface area contributed by atoms with E-state index in [1.807, 2.05) is 20.8 Å². The first-order chi connectivity index (χ1) is 5.05. The summed E-state index contributed by atoms with van der Waals surface area (Å²) in [5, 5.41) is 9.38. The molecule has 0 radical (unpaired) electrons. The normalized spacial score (nSPS) is 32.2. The Morgan fingerprint density at radius 1 is 1.64 bits per heavy atom. The van der Waals surface area contributed by atoms with Crippen molar-refractivity contribution in [3.05, 3.63) is 0 Å². The van der Waals surface area contributed by atoms with Crippen molar-refractivity contribution in [2.75, 3.05) is 6.61 Å². The second kappa shape index (κ2) is 3.09.